The Morgan fingerprint density at radius 2 is 1.59 bits per heavy atom. The van der Waals surface area contributed by atoms with E-state index in [1.165, 1.54) is 0 Å². The van der Waals surface area contributed by atoms with Crippen LogP contribution in [0, 0.1) is 0 Å². The lowest BCUT2D eigenvalue weighted by atomic mass is 10.1. The first-order valence-electron chi connectivity index (χ1n) is 10.6. The van der Waals surface area contributed by atoms with Gasteiger partial charge in [0.1, 0.15) is 11.5 Å². The standard InChI is InChI=1S/C26H28N2O4/c1-4-24(32-21-14-10-13-20(17-21)31-3)26(30)28-23-16-9-8-15-22(23)25(29)27-18(2)19-11-6-5-7-12-19/h5-18,24H,4H2,1-3H3,(H,27,29)(H,28,30)/t18-,24-/m1/s1. The van der Waals surface area contributed by atoms with Crippen LogP contribution in [0.25, 0.3) is 0 Å². The summed E-state index contributed by atoms with van der Waals surface area (Å²) in [6, 6.07) is 23.6. The van der Waals surface area contributed by atoms with Crippen LogP contribution in [0.15, 0.2) is 78.9 Å². The number of hydrogen-bond acceptors (Lipinski definition) is 4. The fraction of sp³-hybridized carbons (Fsp3) is 0.231. The number of para-hydroxylation sites is 1. The lowest BCUT2D eigenvalue weighted by Crippen LogP contribution is -2.34. The molecule has 6 nitrogen and oxygen atoms in total. The molecule has 0 aliphatic heterocycles. The molecule has 166 valence electrons. The minimum Gasteiger partial charge on any atom is -0.497 e. The number of rotatable bonds is 9. The van der Waals surface area contributed by atoms with Crippen molar-refractivity contribution >= 4 is 17.5 Å². The van der Waals surface area contributed by atoms with Crippen LogP contribution in [0.2, 0.25) is 0 Å². The number of amides is 2. The summed E-state index contributed by atoms with van der Waals surface area (Å²) in [4.78, 5) is 25.8. The number of ether oxygens (including phenoxy) is 2. The Hall–Kier alpha value is -3.80. The first-order chi connectivity index (χ1) is 15.5. The van der Waals surface area contributed by atoms with Crippen LogP contribution in [0.5, 0.6) is 11.5 Å². The van der Waals surface area contributed by atoms with E-state index in [4.69, 9.17) is 9.47 Å². The molecule has 0 saturated carbocycles. The molecule has 3 rings (SSSR count). The molecule has 2 N–H and O–H groups in total. The summed E-state index contributed by atoms with van der Waals surface area (Å²) in [7, 11) is 1.57. The largest absolute Gasteiger partial charge is 0.497 e. The highest BCUT2D eigenvalue weighted by Gasteiger charge is 2.22. The van der Waals surface area contributed by atoms with Crippen LogP contribution in [0.1, 0.15) is 42.2 Å². The fourth-order valence-electron chi connectivity index (χ4n) is 3.26. The van der Waals surface area contributed by atoms with Gasteiger partial charge >= 0.3 is 0 Å². The van der Waals surface area contributed by atoms with Crippen molar-refractivity contribution in [1.82, 2.24) is 5.32 Å². The zero-order chi connectivity index (χ0) is 22.9. The highest BCUT2D eigenvalue weighted by molar-refractivity contribution is 6.04. The maximum absolute atomic E-state index is 12.9. The van der Waals surface area contributed by atoms with Gasteiger partial charge in [0, 0.05) is 6.07 Å². The molecule has 0 aliphatic rings. The minimum absolute atomic E-state index is 0.174. The second kappa shape index (κ2) is 11.0. The molecule has 3 aromatic carbocycles. The van der Waals surface area contributed by atoms with Crippen LogP contribution < -0.4 is 20.1 Å². The number of anilines is 1. The molecule has 0 unspecified atom stereocenters. The maximum Gasteiger partial charge on any atom is 0.265 e. The van der Waals surface area contributed by atoms with E-state index in [0.29, 0.717) is 29.2 Å². The fourth-order valence-corrected chi connectivity index (χ4v) is 3.26. The van der Waals surface area contributed by atoms with Crippen molar-refractivity contribution in [2.75, 3.05) is 12.4 Å². The van der Waals surface area contributed by atoms with Gasteiger partial charge in [0.05, 0.1) is 24.4 Å². The Morgan fingerprint density at radius 3 is 2.31 bits per heavy atom. The molecule has 6 heteroatoms. The van der Waals surface area contributed by atoms with Gasteiger partial charge in [0.25, 0.3) is 11.8 Å². The van der Waals surface area contributed by atoms with Crippen molar-refractivity contribution < 1.29 is 19.1 Å². The molecule has 0 heterocycles. The highest BCUT2D eigenvalue weighted by atomic mass is 16.5. The minimum atomic E-state index is -0.721. The summed E-state index contributed by atoms with van der Waals surface area (Å²) in [6.07, 6.45) is -0.260. The van der Waals surface area contributed by atoms with E-state index in [-0.39, 0.29) is 17.9 Å². The summed E-state index contributed by atoms with van der Waals surface area (Å²) in [5.74, 6) is 0.590. The first-order valence-corrected chi connectivity index (χ1v) is 10.6. The highest BCUT2D eigenvalue weighted by Crippen LogP contribution is 2.22. The summed E-state index contributed by atoms with van der Waals surface area (Å²) >= 11 is 0. The lowest BCUT2D eigenvalue weighted by molar-refractivity contribution is -0.122. The summed E-state index contributed by atoms with van der Waals surface area (Å²) in [5, 5.41) is 5.83. The number of nitrogens with one attached hydrogen (secondary N) is 2. The van der Waals surface area contributed by atoms with Crippen LogP contribution in [-0.4, -0.2) is 25.0 Å². The molecule has 0 spiro atoms. The molecule has 0 aromatic heterocycles. The van der Waals surface area contributed by atoms with Crippen molar-refractivity contribution in [2.24, 2.45) is 0 Å². The summed E-state index contributed by atoms with van der Waals surface area (Å²) < 4.78 is 11.1. The summed E-state index contributed by atoms with van der Waals surface area (Å²) in [6.45, 7) is 3.79. The second-order valence-corrected chi connectivity index (χ2v) is 7.33. The predicted octanol–water partition coefficient (Wildman–Crippen LogP) is 4.98. The Labute approximate surface area is 188 Å². The van der Waals surface area contributed by atoms with Gasteiger partial charge in [0.15, 0.2) is 6.10 Å². The maximum atomic E-state index is 12.9. The van der Waals surface area contributed by atoms with Crippen molar-refractivity contribution in [3.8, 4) is 11.5 Å². The number of benzene rings is 3. The van der Waals surface area contributed by atoms with Crippen LogP contribution >= 0.6 is 0 Å². The van der Waals surface area contributed by atoms with E-state index in [9.17, 15) is 9.59 Å². The smallest absolute Gasteiger partial charge is 0.265 e. The van der Waals surface area contributed by atoms with E-state index in [2.05, 4.69) is 10.6 Å². The van der Waals surface area contributed by atoms with Crippen molar-refractivity contribution in [3.63, 3.8) is 0 Å². The van der Waals surface area contributed by atoms with Gasteiger partial charge in [-0.05, 0) is 43.2 Å². The van der Waals surface area contributed by atoms with Gasteiger partial charge < -0.3 is 20.1 Å². The van der Waals surface area contributed by atoms with E-state index < -0.39 is 6.10 Å². The Bertz CT molecular complexity index is 1050. The third-order valence-electron chi connectivity index (χ3n) is 5.06. The van der Waals surface area contributed by atoms with Gasteiger partial charge in [-0.3, -0.25) is 9.59 Å². The second-order valence-electron chi connectivity index (χ2n) is 7.33. The van der Waals surface area contributed by atoms with Gasteiger partial charge in [0.2, 0.25) is 0 Å². The first kappa shape index (κ1) is 22.9. The van der Waals surface area contributed by atoms with Crippen molar-refractivity contribution in [1.29, 1.82) is 0 Å². The third-order valence-corrected chi connectivity index (χ3v) is 5.06. The van der Waals surface area contributed by atoms with Crippen LogP contribution in [-0.2, 0) is 4.79 Å². The molecule has 0 radical (unpaired) electrons. The average Bonchev–Trinajstić information content (AvgIpc) is 2.83. The summed E-state index contributed by atoms with van der Waals surface area (Å²) in [5.41, 5.74) is 1.82. The normalized spacial score (nSPS) is 12.3. The monoisotopic (exact) mass is 432 g/mol. The molecule has 0 aliphatic carbocycles. The van der Waals surface area contributed by atoms with Gasteiger partial charge in [-0.15, -0.1) is 0 Å². The topological polar surface area (TPSA) is 76.7 Å². The van der Waals surface area contributed by atoms with Crippen molar-refractivity contribution in [3.05, 3.63) is 90.0 Å². The quantitative estimate of drug-likeness (QED) is 0.500. The molecule has 0 fully saturated rings. The molecule has 32 heavy (non-hydrogen) atoms. The molecular weight excluding hydrogens is 404 g/mol. The molecule has 3 aromatic rings. The average molecular weight is 433 g/mol. The predicted molar refractivity (Wildman–Crippen MR) is 125 cm³/mol. The van der Waals surface area contributed by atoms with Gasteiger partial charge in [-0.25, -0.2) is 0 Å². The lowest BCUT2D eigenvalue weighted by Gasteiger charge is -2.19. The number of carbonyl (C=O) groups is 2. The SMILES string of the molecule is CC[C@@H](Oc1cccc(OC)c1)C(=O)Nc1ccccc1C(=O)N[C@H](C)c1ccccc1. The molecule has 0 saturated heterocycles. The number of hydrogen-bond donors (Lipinski definition) is 2. The molecule has 0 bridgehead atoms. The van der Waals surface area contributed by atoms with Crippen LogP contribution in [0.3, 0.4) is 0 Å². The van der Waals surface area contributed by atoms with E-state index in [1.54, 1.807) is 55.6 Å². The van der Waals surface area contributed by atoms with Gasteiger partial charge in [-0.1, -0.05) is 55.5 Å². The number of methoxy groups -OCH3 is 1. The third kappa shape index (κ3) is 5.88. The van der Waals surface area contributed by atoms with Gasteiger partial charge in [-0.2, -0.15) is 0 Å². The molecule has 2 atom stereocenters. The van der Waals surface area contributed by atoms with Crippen molar-refractivity contribution in [2.45, 2.75) is 32.4 Å². The van der Waals surface area contributed by atoms with E-state index in [1.807, 2.05) is 44.2 Å². The van der Waals surface area contributed by atoms with E-state index >= 15 is 0 Å². The molecular formula is C26H28N2O4. The zero-order valence-electron chi connectivity index (χ0n) is 18.5. The zero-order valence-corrected chi connectivity index (χ0v) is 18.5. The van der Waals surface area contributed by atoms with E-state index in [0.717, 1.165) is 5.56 Å². The van der Waals surface area contributed by atoms with Crippen LogP contribution in [0.4, 0.5) is 5.69 Å². The number of carbonyl (C=O) groups excluding carboxylic acids is 2. The molecule has 2 amide bonds. The Morgan fingerprint density at radius 1 is 0.906 bits per heavy atom. The Kier molecular flexibility index (Phi) is 7.86. The Balaban J connectivity index is 1.71.